The van der Waals surface area contributed by atoms with Gasteiger partial charge in [0, 0.05) is 12.6 Å². The third-order valence-corrected chi connectivity index (χ3v) is 6.16. The fourth-order valence-electron chi connectivity index (χ4n) is 2.68. The molecule has 0 aliphatic carbocycles. The van der Waals surface area contributed by atoms with Crippen molar-refractivity contribution in [1.29, 1.82) is 0 Å². The van der Waals surface area contributed by atoms with Crippen molar-refractivity contribution >= 4 is 36.0 Å². The molecule has 2 heterocycles. The molecule has 0 amide bonds. The number of aliphatic hydroxyl groups is 3. The van der Waals surface area contributed by atoms with E-state index in [-0.39, 0.29) is 12.2 Å². The second-order valence-electron chi connectivity index (χ2n) is 6.70. The van der Waals surface area contributed by atoms with Gasteiger partial charge < -0.3 is 30.7 Å². The van der Waals surface area contributed by atoms with Gasteiger partial charge in [-0.05, 0) is 43.0 Å². The maximum atomic E-state index is 12.0. The van der Waals surface area contributed by atoms with Crippen LogP contribution in [0.25, 0.3) is 0 Å². The Hall–Kier alpha value is -1.02. The van der Waals surface area contributed by atoms with Crippen LogP contribution in [0.2, 0.25) is 0 Å². The lowest BCUT2D eigenvalue weighted by Gasteiger charge is -2.30. The van der Waals surface area contributed by atoms with Crippen molar-refractivity contribution < 1.29 is 34.0 Å². The Kier molecular flexibility index (Phi) is 6.41. The molecule has 1 unspecified atom stereocenters. The van der Waals surface area contributed by atoms with E-state index < -0.39 is 48.9 Å². The Labute approximate surface area is 168 Å². The molecule has 0 spiro atoms. The average molecular weight is 517 g/mol. The van der Waals surface area contributed by atoms with Gasteiger partial charge in [0.1, 0.15) is 18.0 Å². The van der Waals surface area contributed by atoms with Gasteiger partial charge in [0.05, 0.1) is 15.3 Å². The van der Waals surface area contributed by atoms with Crippen LogP contribution in [-0.4, -0.2) is 53.7 Å². The molecule has 6 N–H and O–H groups in total. The zero-order chi connectivity index (χ0) is 20.7. The first-order chi connectivity index (χ1) is 12.2. The van der Waals surface area contributed by atoms with E-state index in [1.165, 1.54) is 20.0 Å². The van der Waals surface area contributed by atoms with Crippen LogP contribution in [-0.2, 0) is 13.8 Å². The van der Waals surface area contributed by atoms with Gasteiger partial charge in [-0.25, -0.2) is 4.79 Å². The van der Waals surface area contributed by atoms with E-state index in [1.54, 1.807) is 0 Å². The van der Waals surface area contributed by atoms with Crippen LogP contribution in [0.1, 0.15) is 26.5 Å². The summed E-state index contributed by atoms with van der Waals surface area (Å²) in [5.41, 5.74) is 2.44. The SMILES string of the molecule is C=C(O)P(=O)(O)OC(C)(C)C[C@H]1O[C@@H](n2cc(I)c(N)nc2=O)[C@H](O)[C@@H]1O. The second-order valence-corrected chi connectivity index (χ2v) is 9.60. The van der Waals surface area contributed by atoms with Crippen molar-refractivity contribution in [1.82, 2.24) is 9.55 Å². The van der Waals surface area contributed by atoms with Crippen molar-refractivity contribution in [3.8, 4) is 0 Å². The number of ether oxygens (including phenoxy) is 1. The average Bonchev–Trinajstić information content (AvgIpc) is 2.77. The molecule has 1 aromatic heterocycles. The zero-order valence-electron chi connectivity index (χ0n) is 14.5. The summed E-state index contributed by atoms with van der Waals surface area (Å²) >= 11 is 1.86. The first-order valence-corrected chi connectivity index (χ1v) is 10.4. The van der Waals surface area contributed by atoms with Crippen LogP contribution in [0.3, 0.4) is 0 Å². The maximum absolute atomic E-state index is 12.0. The van der Waals surface area contributed by atoms with Gasteiger partial charge in [-0.1, -0.05) is 0 Å². The van der Waals surface area contributed by atoms with Crippen molar-refractivity contribution in [3.63, 3.8) is 0 Å². The molecule has 1 saturated heterocycles. The first-order valence-electron chi connectivity index (χ1n) is 7.73. The molecule has 1 aromatic rings. The molecule has 0 bridgehead atoms. The summed E-state index contributed by atoms with van der Waals surface area (Å²) in [6.45, 7) is 5.87. The Bertz CT molecular complexity index is 844. The molecular formula is C14H21IN3O8P. The number of aliphatic hydroxyl groups excluding tert-OH is 3. The topological polar surface area (TPSA) is 177 Å². The predicted molar refractivity (Wildman–Crippen MR) is 103 cm³/mol. The standard InChI is InChI=1S/C14H21IN3O8P/c1-6(19)27(23,24)26-14(2,3)4-8-9(20)10(21)12(25-8)18-5-7(15)11(16)17-13(18)22/h5,8-10,12,19-21H,1,4H2,2-3H3,(H,23,24)(H2,16,17,22)/t8-,9-,10-,12-/m1/s1. The lowest BCUT2D eigenvalue weighted by molar-refractivity contribution is -0.0634. The fourth-order valence-corrected chi connectivity index (χ4v) is 3.95. The Balaban J connectivity index is 2.22. The highest BCUT2D eigenvalue weighted by Gasteiger charge is 2.47. The largest absolute Gasteiger partial charge is 0.502 e. The smallest absolute Gasteiger partial charge is 0.392 e. The van der Waals surface area contributed by atoms with E-state index in [0.717, 1.165) is 4.57 Å². The maximum Gasteiger partial charge on any atom is 0.392 e. The molecule has 2 rings (SSSR count). The molecule has 152 valence electrons. The summed E-state index contributed by atoms with van der Waals surface area (Å²) in [4.78, 5) is 25.3. The Morgan fingerprint density at radius 1 is 1.52 bits per heavy atom. The van der Waals surface area contributed by atoms with Crippen LogP contribution < -0.4 is 11.4 Å². The van der Waals surface area contributed by atoms with Crippen LogP contribution >= 0.6 is 30.2 Å². The van der Waals surface area contributed by atoms with Crippen LogP contribution in [0.5, 0.6) is 0 Å². The summed E-state index contributed by atoms with van der Waals surface area (Å²) in [6.07, 6.45) is -3.92. The van der Waals surface area contributed by atoms with Crippen LogP contribution in [0, 0.1) is 3.57 Å². The summed E-state index contributed by atoms with van der Waals surface area (Å²) in [6, 6.07) is 0. The molecule has 13 heteroatoms. The van der Waals surface area contributed by atoms with Gasteiger partial charge in [-0.2, -0.15) is 4.98 Å². The number of nitrogens with two attached hydrogens (primary N) is 1. The number of halogens is 1. The van der Waals surface area contributed by atoms with E-state index in [1.807, 2.05) is 22.6 Å². The van der Waals surface area contributed by atoms with Gasteiger partial charge in [0.15, 0.2) is 11.7 Å². The van der Waals surface area contributed by atoms with Crippen LogP contribution in [0.15, 0.2) is 23.1 Å². The quantitative estimate of drug-likeness (QED) is 0.202. The molecule has 1 aliphatic rings. The summed E-state index contributed by atoms with van der Waals surface area (Å²) in [7, 11) is -4.49. The minimum absolute atomic E-state index is 0.0268. The fraction of sp³-hybridized carbons (Fsp3) is 0.571. The third kappa shape index (κ3) is 4.88. The molecule has 0 radical (unpaired) electrons. The molecule has 27 heavy (non-hydrogen) atoms. The number of hydrogen-bond donors (Lipinski definition) is 5. The molecule has 1 fully saturated rings. The second kappa shape index (κ2) is 7.78. The van der Waals surface area contributed by atoms with Crippen molar-refractivity contribution in [2.45, 2.75) is 50.4 Å². The lowest BCUT2D eigenvalue weighted by Crippen LogP contribution is -2.38. The predicted octanol–water partition coefficient (Wildman–Crippen LogP) is 0.449. The molecule has 1 aliphatic heterocycles. The van der Waals surface area contributed by atoms with Crippen molar-refractivity contribution in [2.75, 3.05) is 5.73 Å². The van der Waals surface area contributed by atoms with E-state index in [4.69, 9.17) is 20.1 Å². The number of aromatic nitrogens is 2. The number of rotatable bonds is 6. The normalized spacial score (nSPS) is 28.1. The highest BCUT2D eigenvalue weighted by atomic mass is 127. The number of nitrogens with zero attached hydrogens (tertiary/aromatic N) is 2. The molecular weight excluding hydrogens is 496 g/mol. The van der Waals surface area contributed by atoms with E-state index >= 15 is 0 Å². The number of anilines is 1. The first kappa shape index (κ1) is 22.3. The number of nitrogen functional groups attached to an aromatic ring is 1. The minimum Gasteiger partial charge on any atom is -0.502 e. The molecule has 11 nitrogen and oxygen atoms in total. The summed E-state index contributed by atoms with van der Waals surface area (Å²) < 4.78 is 23.9. The third-order valence-electron chi connectivity index (χ3n) is 3.94. The van der Waals surface area contributed by atoms with Gasteiger partial charge >= 0.3 is 13.3 Å². The van der Waals surface area contributed by atoms with Crippen molar-refractivity contribution in [3.05, 3.63) is 32.3 Å². The zero-order valence-corrected chi connectivity index (χ0v) is 17.6. The van der Waals surface area contributed by atoms with Gasteiger partial charge in [-0.15, -0.1) is 0 Å². The Morgan fingerprint density at radius 3 is 2.67 bits per heavy atom. The molecule has 0 aromatic carbocycles. The summed E-state index contributed by atoms with van der Waals surface area (Å²) in [5.74, 6) is 0.0268. The molecule has 0 saturated carbocycles. The van der Waals surface area contributed by atoms with E-state index in [0.29, 0.717) is 3.57 Å². The highest BCUT2D eigenvalue weighted by Crippen LogP contribution is 2.52. The minimum atomic E-state index is -4.49. The van der Waals surface area contributed by atoms with Crippen molar-refractivity contribution in [2.24, 2.45) is 0 Å². The van der Waals surface area contributed by atoms with Gasteiger partial charge in [-0.3, -0.25) is 13.7 Å². The van der Waals surface area contributed by atoms with E-state index in [2.05, 4.69) is 11.6 Å². The molecule has 5 atom stereocenters. The Morgan fingerprint density at radius 2 is 2.11 bits per heavy atom. The monoisotopic (exact) mass is 517 g/mol. The van der Waals surface area contributed by atoms with Gasteiger partial charge in [0.25, 0.3) is 0 Å². The number of hydrogen-bond acceptors (Lipinski definition) is 9. The van der Waals surface area contributed by atoms with Gasteiger partial charge in [0.2, 0.25) is 0 Å². The lowest BCUT2D eigenvalue weighted by atomic mass is 9.97. The van der Waals surface area contributed by atoms with E-state index in [9.17, 15) is 24.5 Å². The highest BCUT2D eigenvalue weighted by molar-refractivity contribution is 14.1. The summed E-state index contributed by atoms with van der Waals surface area (Å²) in [5, 5.41) is 29.7. The van der Waals surface area contributed by atoms with Crippen LogP contribution in [0.4, 0.5) is 5.82 Å².